The molecule has 6 nitrogen and oxygen atoms in total. The summed E-state index contributed by atoms with van der Waals surface area (Å²) in [7, 11) is -4.33. The van der Waals surface area contributed by atoms with E-state index in [0.717, 1.165) is 30.3 Å². The summed E-state index contributed by atoms with van der Waals surface area (Å²) >= 11 is 6.04. The van der Waals surface area contributed by atoms with Crippen molar-refractivity contribution in [2.45, 2.75) is 4.90 Å². The van der Waals surface area contributed by atoms with Gasteiger partial charge in [0.1, 0.15) is 11.6 Å². The molecule has 4 aromatic rings. The molecule has 0 atom stereocenters. The normalized spacial score (nSPS) is 11.1. The van der Waals surface area contributed by atoms with E-state index < -0.39 is 38.2 Å². The smallest absolute Gasteiger partial charge is 0.262 e. The van der Waals surface area contributed by atoms with Crippen molar-refractivity contribution in [3.05, 3.63) is 124 Å². The zero-order valence-electron chi connectivity index (χ0n) is 18.3. The molecule has 4 rings (SSSR count). The van der Waals surface area contributed by atoms with Gasteiger partial charge in [-0.25, -0.2) is 17.2 Å². The highest BCUT2D eigenvalue weighted by atomic mass is 35.5. The van der Waals surface area contributed by atoms with Gasteiger partial charge in [-0.05, 0) is 60.7 Å². The lowest BCUT2D eigenvalue weighted by atomic mass is 10.0. The molecule has 0 unspecified atom stereocenters. The average molecular weight is 527 g/mol. The molecule has 0 bridgehead atoms. The molecule has 0 aromatic heterocycles. The van der Waals surface area contributed by atoms with E-state index in [1.165, 1.54) is 30.3 Å². The molecule has 36 heavy (non-hydrogen) atoms. The van der Waals surface area contributed by atoms with Crippen LogP contribution in [-0.4, -0.2) is 20.1 Å². The maximum atomic E-state index is 14.7. The van der Waals surface area contributed by atoms with Crippen molar-refractivity contribution in [2.75, 3.05) is 10.0 Å². The number of carbonyl (C=O) groups excluding carboxylic acids is 2. The predicted molar refractivity (Wildman–Crippen MR) is 133 cm³/mol. The molecule has 10 heteroatoms. The summed E-state index contributed by atoms with van der Waals surface area (Å²) in [4.78, 5) is 24.8. The molecule has 2 N–H and O–H groups in total. The molecular weight excluding hydrogens is 510 g/mol. The van der Waals surface area contributed by atoms with Crippen molar-refractivity contribution in [1.29, 1.82) is 0 Å². The molecule has 0 saturated carbocycles. The van der Waals surface area contributed by atoms with Gasteiger partial charge in [0.2, 0.25) is 0 Å². The minimum atomic E-state index is -4.33. The number of ketones is 1. The molecule has 182 valence electrons. The van der Waals surface area contributed by atoms with Crippen molar-refractivity contribution in [2.24, 2.45) is 0 Å². The number of halogens is 3. The zero-order chi connectivity index (χ0) is 25.9. The molecule has 0 heterocycles. The van der Waals surface area contributed by atoms with Crippen LogP contribution in [0, 0.1) is 11.6 Å². The van der Waals surface area contributed by atoms with Gasteiger partial charge < -0.3 is 5.32 Å². The van der Waals surface area contributed by atoms with Crippen LogP contribution >= 0.6 is 11.6 Å². The summed E-state index contributed by atoms with van der Waals surface area (Å²) < 4.78 is 56.0. The average Bonchev–Trinajstić information content (AvgIpc) is 2.86. The quantitative estimate of drug-likeness (QED) is 0.293. The number of amides is 1. The van der Waals surface area contributed by atoms with Gasteiger partial charge in [-0.1, -0.05) is 41.9 Å². The fraction of sp³-hybridized carbons (Fsp3) is 0. The fourth-order valence-electron chi connectivity index (χ4n) is 3.30. The Morgan fingerprint density at radius 3 is 2.08 bits per heavy atom. The summed E-state index contributed by atoms with van der Waals surface area (Å²) in [5.74, 6) is -2.70. The van der Waals surface area contributed by atoms with E-state index in [9.17, 15) is 26.8 Å². The third-order valence-electron chi connectivity index (χ3n) is 5.11. The molecule has 0 aliphatic rings. The lowest BCUT2D eigenvalue weighted by Gasteiger charge is -2.14. The number of hydrogen-bond acceptors (Lipinski definition) is 4. The van der Waals surface area contributed by atoms with Gasteiger partial charge in [-0.3, -0.25) is 14.3 Å². The maximum absolute atomic E-state index is 14.7. The van der Waals surface area contributed by atoms with Crippen LogP contribution in [0.2, 0.25) is 5.02 Å². The summed E-state index contributed by atoms with van der Waals surface area (Å²) in [6, 6.07) is 19.9. The monoisotopic (exact) mass is 526 g/mol. The van der Waals surface area contributed by atoms with Crippen LogP contribution in [0.4, 0.5) is 20.2 Å². The number of hydrogen-bond donors (Lipinski definition) is 2. The standard InChI is InChI=1S/C26H17ClF2N2O4S/c27-18-8-12-23(21(14-18)25(32)16-4-2-1-3-5-16)31-36(34,35)20-11-13-24(22(29)15-20)30-26(33)17-6-9-19(28)10-7-17/h1-15,31H,(H,30,33). The number of benzene rings is 4. The van der Waals surface area contributed by atoms with E-state index in [1.807, 2.05) is 0 Å². The van der Waals surface area contributed by atoms with E-state index in [-0.39, 0.29) is 27.5 Å². The van der Waals surface area contributed by atoms with Crippen molar-refractivity contribution in [3.63, 3.8) is 0 Å². The first kappa shape index (κ1) is 25.0. The van der Waals surface area contributed by atoms with Gasteiger partial charge in [0.05, 0.1) is 16.3 Å². The number of anilines is 2. The van der Waals surface area contributed by atoms with Crippen LogP contribution in [0.5, 0.6) is 0 Å². The van der Waals surface area contributed by atoms with E-state index >= 15 is 0 Å². The molecule has 0 saturated heterocycles. The summed E-state index contributed by atoms with van der Waals surface area (Å²) in [6.07, 6.45) is 0. The van der Waals surface area contributed by atoms with Crippen LogP contribution in [0.15, 0.2) is 95.9 Å². The van der Waals surface area contributed by atoms with Crippen molar-refractivity contribution < 1.29 is 26.8 Å². The van der Waals surface area contributed by atoms with Crippen molar-refractivity contribution in [1.82, 2.24) is 0 Å². The van der Waals surface area contributed by atoms with Gasteiger partial charge in [0, 0.05) is 21.7 Å². The first-order chi connectivity index (χ1) is 17.1. The molecule has 0 radical (unpaired) electrons. The maximum Gasteiger partial charge on any atom is 0.262 e. The topological polar surface area (TPSA) is 92.3 Å². The summed E-state index contributed by atoms with van der Waals surface area (Å²) in [5.41, 5.74) is 0.123. The first-order valence-corrected chi connectivity index (χ1v) is 12.3. The van der Waals surface area contributed by atoms with Gasteiger partial charge in [0.25, 0.3) is 15.9 Å². The molecule has 1 amide bonds. The zero-order valence-corrected chi connectivity index (χ0v) is 19.9. The Kier molecular flexibility index (Phi) is 7.14. The fourth-order valence-corrected chi connectivity index (χ4v) is 4.57. The summed E-state index contributed by atoms with van der Waals surface area (Å²) in [5, 5.41) is 2.54. The number of rotatable bonds is 7. The Bertz CT molecular complexity index is 1560. The minimum absolute atomic E-state index is 0.0147. The second kappa shape index (κ2) is 10.3. The molecular formula is C26H17ClF2N2O4S. The second-order valence-electron chi connectivity index (χ2n) is 7.59. The van der Waals surface area contributed by atoms with Gasteiger partial charge in [0.15, 0.2) is 5.78 Å². The van der Waals surface area contributed by atoms with Gasteiger partial charge in [-0.2, -0.15) is 0 Å². The highest BCUT2D eigenvalue weighted by Crippen LogP contribution is 2.27. The highest BCUT2D eigenvalue weighted by molar-refractivity contribution is 7.92. The third kappa shape index (κ3) is 5.59. The molecule has 4 aromatic carbocycles. The third-order valence-corrected chi connectivity index (χ3v) is 6.71. The summed E-state index contributed by atoms with van der Waals surface area (Å²) in [6.45, 7) is 0. The second-order valence-corrected chi connectivity index (χ2v) is 9.71. The van der Waals surface area contributed by atoms with Crippen LogP contribution in [0.25, 0.3) is 0 Å². The first-order valence-electron chi connectivity index (χ1n) is 10.4. The van der Waals surface area contributed by atoms with Crippen molar-refractivity contribution in [3.8, 4) is 0 Å². The molecule has 0 aliphatic carbocycles. The predicted octanol–water partition coefficient (Wildman–Crippen LogP) is 5.90. The number of sulfonamides is 1. The lowest BCUT2D eigenvalue weighted by Crippen LogP contribution is -2.17. The van der Waals surface area contributed by atoms with E-state index in [2.05, 4.69) is 10.0 Å². The number of nitrogens with one attached hydrogen (secondary N) is 2. The highest BCUT2D eigenvalue weighted by Gasteiger charge is 2.22. The Labute approximate surface area is 210 Å². The van der Waals surface area contributed by atoms with Crippen LogP contribution in [-0.2, 0) is 10.0 Å². The Morgan fingerprint density at radius 2 is 1.42 bits per heavy atom. The van der Waals surface area contributed by atoms with Crippen LogP contribution < -0.4 is 10.0 Å². The Hall–Kier alpha value is -4.08. The SMILES string of the molecule is O=C(Nc1ccc(S(=O)(=O)Nc2ccc(Cl)cc2C(=O)c2ccccc2)cc1F)c1ccc(F)cc1. The van der Waals surface area contributed by atoms with E-state index in [4.69, 9.17) is 11.6 Å². The van der Waals surface area contributed by atoms with Crippen LogP contribution in [0.3, 0.4) is 0 Å². The Balaban J connectivity index is 1.59. The molecule has 0 spiro atoms. The van der Waals surface area contributed by atoms with Crippen molar-refractivity contribution >= 4 is 44.7 Å². The molecule has 0 fully saturated rings. The minimum Gasteiger partial charge on any atom is -0.319 e. The largest absolute Gasteiger partial charge is 0.319 e. The van der Waals surface area contributed by atoms with E-state index in [1.54, 1.807) is 30.3 Å². The van der Waals surface area contributed by atoms with Gasteiger partial charge >= 0.3 is 0 Å². The van der Waals surface area contributed by atoms with Crippen LogP contribution in [0.1, 0.15) is 26.3 Å². The number of carbonyl (C=O) groups is 2. The van der Waals surface area contributed by atoms with E-state index in [0.29, 0.717) is 5.56 Å². The molecule has 0 aliphatic heterocycles. The van der Waals surface area contributed by atoms with Gasteiger partial charge in [-0.15, -0.1) is 0 Å². The lowest BCUT2D eigenvalue weighted by molar-refractivity contribution is 0.102. The Morgan fingerprint density at radius 1 is 0.750 bits per heavy atom.